The minimum absolute atomic E-state index is 0.0234. The van der Waals surface area contributed by atoms with E-state index in [0.29, 0.717) is 0 Å². The van der Waals surface area contributed by atoms with Crippen LogP contribution in [0.1, 0.15) is 39.7 Å². The average Bonchev–Trinajstić information content (AvgIpc) is 2.94. The van der Waals surface area contributed by atoms with Crippen LogP contribution in [-0.2, 0) is 4.79 Å². The van der Waals surface area contributed by atoms with Crippen LogP contribution < -0.4 is 10.6 Å². The molecule has 2 rings (SSSR count). The van der Waals surface area contributed by atoms with E-state index in [1.807, 2.05) is 45.9 Å². The highest BCUT2D eigenvalue weighted by Gasteiger charge is 2.23. The smallest absolute Gasteiger partial charge is 0.233 e. The monoisotopic (exact) mass is 364 g/mol. The summed E-state index contributed by atoms with van der Waals surface area (Å²) < 4.78 is 0.780. The highest BCUT2D eigenvalue weighted by Crippen LogP contribution is 2.30. The Morgan fingerprint density at radius 3 is 2.79 bits per heavy atom. The van der Waals surface area contributed by atoms with Crippen LogP contribution >= 0.6 is 23.1 Å². The van der Waals surface area contributed by atoms with E-state index < -0.39 is 0 Å². The Balaban J connectivity index is 1.94. The number of thioether (sulfide) groups is 1. The maximum absolute atomic E-state index is 12.3. The number of nitrogens with zero attached hydrogens (tertiary/aromatic N) is 2. The van der Waals surface area contributed by atoms with Crippen LogP contribution in [0.2, 0.25) is 0 Å². The fourth-order valence-electron chi connectivity index (χ4n) is 1.88. The average molecular weight is 365 g/mol. The van der Waals surface area contributed by atoms with E-state index in [9.17, 15) is 4.79 Å². The lowest BCUT2D eigenvalue weighted by Crippen LogP contribution is -2.46. The van der Waals surface area contributed by atoms with Gasteiger partial charge in [-0.1, -0.05) is 42.2 Å². The summed E-state index contributed by atoms with van der Waals surface area (Å²) in [6.45, 7) is 10.0. The second kappa shape index (κ2) is 7.98. The van der Waals surface area contributed by atoms with Crippen molar-refractivity contribution in [1.29, 1.82) is 0 Å². The SMILES string of the molecule is CCC(C)(C)NC(=O)C(C)Sc1nnc(Nc2cccc(C)c2)s1. The van der Waals surface area contributed by atoms with E-state index in [4.69, 9.17) is 0 Å². The Labute approximate surface area is 151 Å². The van der Waals surface area contributed by atoms with Crippen LogP contribution in [-0.4, -0.2) is 26.9 Å². The first-order chi connectivity index (χ1) is 11.3. The molecule has 2 N–H and O–H groups in total. The fourth-order valence-corrected chi connectivity index (χ4v) is 3.80. The summed E-state index contributed by atoms with van der Waals surface area (Å²) in [6.07, 6.45) is 0.888. The summed E-state index contributed by atoms with van der Waals surface area (Å²) in [5.41, 5.74) is 1.98. The van der Waals surface area contributed by atoms with Crippen molar-refractivity contribution >= 4 is 39.8 Å². The first kappa shape index (κ1) is 18.7. The van der Waals surface area contributed by atoms with Crippen molar-refractivity contribution in [3.63, 3.8) is 0 Å². The molecule has 2 aromatic rings. The van der Waals surface area contributed by atoms with Crippen LogP contribution in [0.25, 0.3) is 0 Å². The Hall–Kier alpha value is -1.60. The lowest BCUT2D eigenvalue weighted by Gasteiger charge is -2.26. The van der Waals surface area contributed by atoms with Gasteiger partial charge in [0.15, 0.2) is 4.34 Å². The molecule has 0 saturated carbocycles. The van der Waals surface area contributed by atoms with E-state index >= 15 is 0 Å². The van der Waals surface area contributed by atoms with Crippen LogP contribution in [0, 0.1) is 6.92 Å². The van der Waals surface area contributed by atoms with Crippen LogP contribution in [0.15, 0.2) is 28.6 Å². The maximum atomic E-state index is 12.3. The zero-order valence-corrected chi connectivity index (χ0v) is 16.3. The topological polar surface area (TPSA) is 66.9 Å². The van der Waals surface area contributed by atoms with Crippen LogP contribution in [0.4, 0.5) is 10.8 Å². The van der Waals surface area contributed by atoms with Gasteiger partial charge in [0.25, 0.3) is 0 Å². The van der Waals surface area contributed by atoms with E-state index in [-0.39, 0.29) is 16.7 Å². The van der Waals surface area contributed by atoms with E-state index in [0.717, 1.165) is 21.6 Å². The number of carbonyl (C=O) groups excluding carboxylic acids is 1. The molecule has 5 nitrogen and oxygen atoms in total. The van der Waals surface area contributed by atoms with Gasteiger partial charge in [-0.25, -0.2) is 0 Å². The van der Waals surface area contributed by atoms with Gasteiger partial charge in [-0.15, -0.1) is 10.2 Å². The first-order valence-electron chi connectivity index (χ1n) is 7.95. The van der Waals surface area contributed by atoms with Crippen LogP contribution in [0.5, 0.6) is 0 Å². The van der Waals surface area contributed by atoms with Crippen molar-refractivity contribution < 1.29 is 4.79 Å². The fraction of sp³-hybridized carbons (Fsp3) is 0.471. The molecular weight excluding hydrogens is 340 g/mol. The molecule has 130 valence electrons. The zero-order chi connectivity index (χ0) is 17.7. The number of anilines is 2. The molecule has 7 heteroatoms. The lowest BCUT2D eigenvalue weighted by molar-refractivity contribution is -0.121. The lowest BCUT2D eigenvalue weighted by atomic mass is 10.0. The van der Waals surface area contributed by atoms with Crippen molar-refractivity contribution in [2.24, 2.45) is 0 Å². The molecule has 0 fully saturated rings. The van der Waals surface area contributed by atoms with Crippen molar-refractivity contribution in [3.05, 3.63) is 29.8 Å². The second-order valence-corrected chi connectivity index (χ2v) is 8.92. The number of amides is 1. The molecule has 1 aromatic heterocycles. The van der Waals surface area contributed by atoms with Gasteiger partial charge < -0.3 is 10.6 Å². The summed E-state index contributed by atoms with van der Waals surface area (Å²) in [7, 11) is 0. The van der Waals surface area contributed by atoms with Crippen LogP contribution in [0.3, 0.4) is 0 Å². The molecule has 0 saturated heterocycles. The third-order valence-corrected chi connectivity index (χ3v) is 5.69. The molecule has 0 bridgehead atoms. The number of hydrogen-bond acceptors (Lipinski definition) is 6. The predicted octanol–water partition coefficient (Wildman–Crippen LogP) is 4.38. The number of benzene rings is 1. The largest absolute Gasteiger partial charge is 0.350 e. The van der Waals surface area contributed by atoms with Gasteiger partial charge in [0, 0.05) is 11.2 Å². The van der Waals surface area contributed by atoms with Gasteiger partial charge >= 0.3 is 0 Å². The molecule has 1 atom stereocenters. The molecule has 1 amide bonds. The molecular formula is C17H24N4OS2. The number of nitrogens with one attached hydrogen (secondary N) is 2. The third-order valence-electron chi connectivity index (χ3n) is 3.67. The zero-order valence-electron chi connectivity index (χ0n) is 14.7. The normalized spacial score (nSPS) is 12.7. The molecule has 0 radical (unpaired) electrons. The first-order valence-corrected chi connectivity index (χ1v) is 9.64. The van der Waals surface area contributed by atoms with Gasteiger partial charge in [-0.2, -0.15) is 0 Å². The number of carbonyl (C=O) groups is 1. The summed E-state index contributed by atoms with van der Waals surface area (Å²) in [5, 5.41) is 15.1. The summed E-state index contributed by atoms with van der Waals surface area (Å²) >= 11 is 2.88. The van der Waals surface area contributed by atoms with Crippen molar-refractivity contribution in [2.45, 2.75) is 56.2 Å². The number of aromatic nitrogens is 2. The molecule has 1 heterocycles. The maximum Gasteiger partial charge on any atom is 0.233 e. The predicted molar refractivity (Wildman–Crippen MR) is 102 cm³/mol. The second-order valence-electron chi connectivity index (χ2n) is 6.35. The van der Waals surface area contributed by atoms with E-state index in [1.54, 1.807) is 0 Å². The van der Waals surface area contributed by atoms with Gasteiger partial charge in [-0.3, -0.25) is 4.79 Å². The molecule has 0 aliphatic heterocycles. The van der Waals surface area contributed by atoms with Crippen molar-refractivity contribution in [2.75, 3.05) is 5.32 Å². The summed E-state index contributed by atoms with van der Waals surface area (Å²) in [5.74, 6) is 0.0234. The summed E-state index contributed by atoms with van der Waals surface area (Å²) in [6, 6.07) is 8.09. The summed E-state index contributed by atoms with van der Waals surface area (Å²) in [4.78, 5) is 12.3. The minimum atomic E-state index is -0.212. The molecule has 1 aromatic carbocycles. The molecule has 0 aliphatic carbocycles. The minimum Gasteiger partial charge on any atom is -0.350 e. The molecule has 24 heavy (non-hydrogen) atoms. The number of aryl methyl sites for hydroxylation is 1. The number of hydrogen-bond donors (Lipinski definition) is 2. The quantitative estimate of drug-likeness (QED) is 0.714. The Kier molecular flexibility index (Phi) is 6.23. The highest BCUT2D eigenvalue weighted by atomic mass is 32.2. The van der Waals surface area contributed by atoms with Gasteiger partial charge in [0.2, 0.25) is 11.0 Å². The Morgan fingerprint density at radius 1 is 1.38 bits per heavy atom. The highest BCUT2D eigenvalue weighted by molar-refractivity contribution is 8.02. The van der Waals surface area contributed by atoms with E-state index in [2.05, 4.69) is 33.8 Å². The molecule has 0 spiro atoms. The molecule has 0 aliphatic rings. The van der Waals surface area contributed by atoms with Crippen molar-refractivity contribution in [1.82, 2.24) is 15.5 Å². The van der Waals surface area contributed by atoms with Crippen molar-refractivity contribution in [3.8, 4) is 0 Å². The van der Waals surface area contributed by atoms with Gasteiger partial charge in [0.1, 0.15) is 0 Å². The van der Waals surface area contributed by atoms with Gasteiger partial charge in [0.05, 0.1) is 5.25 Å². The molecule has 1 unspecified atom stereocenters. The third kappa shape index (κ3) is 5.49. The Bertz CT molecular complexity index is 699. The standard InChI is InChI=1S/C17H24N4OS2/c1-6-17(4,5)19-14(22)12(3)23-16-21-20-15(24-16)18-13-9-7-8-11(2)10-13/h7-10,12H,6H2,1-5H3,(H,18,20)(H,19,22). The van der Waals surface area contributed by atoms with Gasteiger partial charge in [-0.05, 0) is 51.8 Å². The Morgan fingerprint density at radius 2 is 2.12 bits per heavy atom. The number of rotatable bonds is 7. The van der Waals surface area contributed by atoms with E-state index in [1.165, 1.54) is 28.7 Å².